The van der Waals surface area contributed by atoms with Gasteiger partial charge in [-0.05, 0) is 67.7 Å². The van der Waals surface area contributed by atoms with Crippen molar-refractivity contribution >= 4 is 5.97 Å². The van der Waals surface area contributed by atoms with Gasteiger partial charge in [-0.2, -0.15) is 0 Å². The summed E-state index contributed by atoms with van der Waals surface area (Å²) >= 11 is 0. The molecule has 36 heavy (non-hydrogen) atoms. The summed E-state index contributed by atoms with van der Waals surface area (Å²) in [5.74, 6) is -1.76. The topological polar surface area (TPSA) is 65.0 Å². The maximum atomic E-state index is 15.0. The van der Waals surface area contributed by atoms with Crippen molar-refractivity contribution in [3.63, 3.8) is 0 Å². The van der Waals surface area contributed by atoms with Crippen LogP contribution in [0.25, 0.3) is 11.1 Å². The van der Waals surface area contributed by atoms with Crippen LogP contribution in [0.2, 0.25) is 0 Å². The summed E-state index contributed by atoms with van der Waals surface area (Å²) in [6.07, 6.45) is -0.916. The van der Waals surface area contributed by atoms with Crippen LogP contribution in [-0.4, -0.2) is 30.6 Å². The lowest BCUT2D eigenvalue weighted by Gasteiger charge is -2.21. The lowest BCUT2D eigenvalue weighted by molar-refractivity contribution is -0.130. The van der Waals surface area contributed by atoms with E-state index in [4.69, 9.17) is 14.2 Å². The van der Waals surface area contributed by atoms with E-state index < -0.39 is 23.9 Å². The average molecular weight is 499 g/mol. The summed E-state index contributed by atoms with van der Waals surface area (Å²) in [5.41, 5.74) is 2.14. The third-order valence-corrected chi connectivity index (χ3v) is 5.25. The van der Waals surface area contributed by atoms with Crippen molar-refractivity contribution in [1.82, 2.24) is 0 Å². The molecule has 0 aliphatic carbocycles. The summed E-state index contributed by atoms with van der Waals surface area (Å²) in [7, 11) is 0. The molecule has 0 aliphatic rings. The minimum atomic E-state index is -1.15. The van der Waals surface area contributed by atoms with E-state index in [0.29, 0.717) is 28.0 Å². The lowest BCUT2D eigenvalue weighted by atomic mass is 9.97. The summed E-state index contributed by atoms with van der Waals surface area (Å²) in [6, 6.07) is 8.31. The number of rotatable bonds is 13. The first-order chi connectivity index (χ1) is 16.9. The molecule has 0 fully saturated rings. The van der Waals surface area contributed by atoms with Crippen LogP contribution in [0, 0.1) is 17.6 Å². The summed E-state index contributed by atoms with van der Waals surface area (Å²) in [6.45, 7) is 19.8. The smallest absolute Gasteiger partial charge is 0.338 e. The zero-order valence-corrected chi connectivity index (χ0v) is 20.9. The first-order valence-electron chi connectivity index (χ1n) is 11.3. The van der Waals surface area contributed by atoms with E-state index in [1.54, 1.807) is 26.0 Å². The Bertz CT molecular complexity index is 1170. The Hall–Kier alpha value is -3.55. The van der Waals surface area contributed by atoms with Crippen LogP contribution in [0.15, 0.2) is 85.2 Å². The summed E-state index contributed by atoms with van der Waals surface area (Å²) < 4.78 is 45.9. The monoisotopic (exact) mass is 498 g/mol. The van der Waals surface area contributed by atoms with Crippen molar-refractivity contribution in [2.24, 2.45) is 5.92 Å². The molecule has 7 heteroatoms. The van der Waals surface area contributed by atoms with Gasteiger partial charge in [0.15, 0.2) is 6.29 Å². The highest BCUT2D eigenvalue weighted by Crippen LogP contribution is 2.29. The van der Waals surface area contributed by atoms with Crippen molar-refractivity contribution < 1.29 is 32.9 Å². The average Bonchev–Trinajstić information content (AvgIpc) is 2.81. The highest BCUT2D eigenvalue weighted by molar-refractivity contribution is 5.88. The Morgan fingerprint density at radius 2 is 1.64 bits per heavy atom. The summed E-state index contributed by atoms with van der Waals surface area (Å²) in [4.78, 5) is 11.6. The van der Waals surface area contributed by atoms with E-state index in [1.807, 2.05) is 0 Å². The molecule has 2 unspecified atom stereocenters. The molecule has 0 radical (unpaired) electrons. The van der Waals surface area contributed by atoms with Crippen molar-refractivity contribution in [2.75, 3.05) is 13.2 Å². The molecule has 0 heterocycles. The van der Waals surface area contributed by atoms with Crippen LogP contribution in [0.1, 0.15) is 26.3 Å². The van der Waals surface area contributed by atoms with E-state index in [0.717, 1.165) is 6.07 Å². The number of carbonyl (C=O) groups excluding carboxylic acids is 1. The number of allylic oxidation sites excluding steroid dienone is 1. The predicted octanol–water partition coefficient (Wildman–Crippen LogP) is 6.29. The molecule has 0 aromatic heterocycles. The molecular weight excluding hydrogens is 466 g/mol. The maximum Gasteiger partial charge on any atom is 0.338 e. The van der Waals surface area contributed by atoms with Gasteiger partial charge >= 0.3 is 5.97 Å². The van der Waals surface area contributed by atoms with Crippen LogP contribution < -0.4 is 4.74 Å². The van der Waals surface area contributed by atoms with Gasteiger partial charge in [-0.25, -0.2) is 13.6 Å². The predicted molar refractivity (Wildman–Crippen MR) is 136 cm³/mol. The van der Waals surface area contributed by atoms with Crippen LogP contribution in [0.3, 0.4) is 0 Å². The summed E-state index contributed by atoms with van der Waals surface area (Å²) in [5, 5.41) is 9.91. The number of hydrogen-bond acceptors (Lipinski definition) is 5. The number of carbonyl (C=O) groups is 1. The van der Waals surface area contributed by atoms with Crippen molar-refractivity contribution in [2.45, 2.75) is 33.5 Å². The first kappa shape index (κ1) is 28.7. The lowest BCUT2D eigenvalue weighted by Crippen LogP contribution is -2.24. The molecule has 0 aliphatic heterocycles. The number of aliphatic hydroxyl groups excluding tert-OH is 1. The molecule has 2 rings (SSSR count). The quantitative estimate of drug-likeness (QED) is 0.0669. The van der Waals surface area contributed by atoms with E-state index >= 15 is 4.39 Å². The van der Waals surface area contributed by atoms with Crippen molar-refractivity contribution in [3.8, 4) is 16.9 Å². The third-order valence-electron chi connectivity index (χ3n) is 5.25. The Balaban J connectivity index is 2.20. The standard InChI is InChI=1S/C29H32F2O5/c1-17(2)20(7)34-15-21(16-35-28(32)18(3)4)12-23-9-8-22(13-26(23)30)25-11-10-24(14-27(25)31)36-29(33)19(5)6/h8-11,13-14,21,28,32H,1,3,5,7,12,15-16H2,2,4,6H3. The number of benzene rings is 2. The van der Waals surface area contributed by atoms with Gasteiger partial charge in [0.1, 0.15) is 23.1 Å². The maximum absolute atomic E-state index is 15.0. The molecule has 0 saturated heterocycles. The Labute approximate surface area is 211 Å². The number of halogens is 2. The fourth-order valence-electron chi connectivity index (χ4n) is 3.06. The van der Waals surface area contributed by atoms with Gasteiger partial charge in [-0.15, -0.1) is 0 Å². The van der Waals surface area contributed by atoms with Crippen molar-refractivity contribution in [1.29, 1.82) is 0 Å². The van der Waals surface area contributed by atoms with Crippen molar-refractivity contribution in [3.05, 3.63) is 102 Å². The highest BCUT2D eigenvalue weighted by Gasteiger charge is 2.18. The molecule has 0 spiro atoms. The second-order valence-corrected chi connectivity index (χ2v) is 8.73. The SMILES string of the molecule is C=C(C)C(=C)OCC(COC(O)C(=C)C)Cc1ccc(-c2ccc(OC(=O)C(=C)C)cc2F)cc1F. The van der Waals surface area contributed by atoms with E-state index in [9.17, 15) is 14.3 Å². The highest BCUT2D eigenvalue weighted by atomic mass is 19.1. The Morgan fingerprint density at radius 3 is 2.19 bits per heavy atom. The third kappa shape index (κ3) is 8.29. The number of ether oxygens (including phenoxy) is 3. The first-order valence-corrected chi connectivity index (χ1v) is 11.3. The minimum absolute atomic E-state index is 0.0254. The molecule has 2 atom stereocenters. The zero-order chi connectivity index (χ0) is 27.0. The molecule has 2 aromatic carbocycles. The fraction of sp³-hybridized carbons (Fsp3) is 0.276. The molecule has 2 aromatic rings. The van der Waals surface area contributed by atoms with E-state index in [2.05, 4.69) is 26.3 Å². The molecule has 0 amide bonds. The fourth-order valence-corrected chi connectivity index (χ4v) is 3.06. The van der Waals surface area contributed by atoms with Crippen LogP contribution in [0.4, 0.5) is 8.78 Å². The molecular formula is C29H32F2O5. The second kappa shape index (κ2) is 13.0. The second-order valence-electron chi connectivity index (χ2n) is 8.73. The zero-order valence-electron chi connectivity index (χ0n) is 20.9. The van der Waals surface area contributed by atoms with E-state index in [-0.39, 0.29) is 42.4 Å². The Morgan fingerprint density at radius 1 is 0.944 bits per heavy atom. The molecule has 1 N–H and O–H groups in total. The van der Waals surface area contributed by atoms with Gasteiger partial charge in [0.25, 0.3) is 0 Å². The van der Waals surface area contributed by atoms with Crippen LogP contribution in [-0.2, 0) is 20.7 Å². The molecule has 0 saturated carbocycles. The number of aliphatic hydroxyl groups is 1. The van der Waals surface area contributed by atoms with Gasteiger partial charge in [0.05, 0.1) is 13.2 Å². The van der Waals surface area contributed by atoms with Crippen LogP contribution >= 0.6 is 0 Å². The minimum Gasteiger partial charge on any atom is -0.494 e. The van der Waals surface area contributed by atoms with Gasteiger partial charge < -0.3 is 19.3 Å². The number of esters is 1. The largest absolute Gasteiger partial charge is 0.494 e. The van der Waals surface area contributed by atoms with Gasteiger partial charge in [0.2, 0.25) is 0 Å². The Kier molecular flexibility index (Phi) is 10.3. The van der Waals surface area contributed by atoms with E-state index in [1.165, 1.54) is 25.1 Å². The molecule has 0 bridgehead atoms. The van der Waals surface area contributed by atoms with Gasteiger partial charge in [-0.3, -0.25) is 0 Å². The number of hydrogen-bond donors (Lipinski definition) is 1. The van der Waals surface area contributed by atoms with Crippen LogP contribution in [0.5, 0.6) is 5.75 Å². The normalized spacial score (nSPS) is 12.4. The van der Waals surface area contributed by atoms with Gasteiger partial charge in [0, 0.05) is 23.1 Å². The van der Waals surface area contributed by atoms with Gasteiger partial charge in [-0.1, -0.05) is 38.4 Å². The molecule has 5 nitrogen and oxygen atoms in total. The molecule has 192 valence electrons.